The van der Waals surface area contributed by atoms with Gasteiger partial charge in [0.05, 0.1) is 6.17 Å². The van der Waals surface area contributed by atoms with E-state index in [4.69, 9.17) is 0 Å². The predicted molar refractivity (Wildman–Crippen MR) is 99.1 cm³/mol. The molecule has 0 saturated heterocycles. The van der Waals surface area contributed by atoms with E-state index in [0.717, 1.165) is 13.1 Å². The molecule has 1 heterocycles. The fourth-order valence-corrected chi connectivity index (χ4v) is 3.21. The van der Waals surface area contributed by atoms with Crippen LogP contribution in [0.25, 0.3) is 0 Å². The average molecular weight is 329 g/mol. The van der Waals surface area contributed by atoms with Crippen LogP contribution in [0.5, 0.6) is 0 Å². The van der Waals surface area contributed by atoms with Crippen molar-refractivity contribution in [3.05, 3.63) is 83.2 Å². The van der Waals surface area contributed by atoms with Gasteiger partial charge in [-0.2, -0.15) is 0 Å². The van der Waals surface area contributed by atoms with Gasteiger partial charge >= 0.3 is 0 Å². The summed E-state index contributed by atoms with van der Waals surface area (Å²) >= 11 is 0. The highest BCUT2D eigenvalue weighted by Crippen LogP contribution is 2.31. The standard InChI is InChI=1S/C20H24N2.ClH/c1-16-17(2)22(15-20-12-8-5-9-13-20)18(3)21(16)14-19-10-6-4-7-11-19;/h4-13,18H,14-15H2,1-3H3;1H. The number of hydrogen-bond acceptors (Lipinski definition) is 2. The van der Waals surface area contributed by atoms with E-state index in [-0.39, 0.29) is 12.4 Å². The summed E-state index contributed by atoms with van der Waals surface area (Å²) in [5.41, 5.74) is 5.49. The van der Waals surface area contributed by atoms with Crippen LogP contribution in [0.4, 0.5) is 0 Å². The van der Waals surface area contributed by atoms with Crippen molar-refractivity contribution >= 4 is 12.4 Å². The lowest BCUT2D eigenvalue weighted by Crippen LogP contribution is -2.37. The Morgan fingerprint density at radius 2 is 1.04 bits per heavy atom. The van der Waals surface area contributed by atoms with Gasteiger partial charge in [0.15, 0.2) is 0 Å². The molecule has 0 bridgehead atoms. The van der Waals surface area contributed by atoms with E-state index in [9.17, 15) is 0 Å². The molecule has 122 valence electrons. The summed E-state index contributed by atoms with van der Waals surface area (Å²) in [5.74, 6) is 0. The van der Waals surface area contributed by atoms with E-state index in [2.05, 4.69) is 91.2 Å². The van der Waals surface area contributed by atoms with Crippen molar-refractivity contribution in [3.63, 3.8) is 0 Å². The van der Waals surface area contributed by atoms with Crippen LogP contribution >= 0.6 is 12.4 Å². The van der Waals surface area contributed by atoms with Crippen molar-refractivity contribution in [2.45, 2.75) is 40.0 Å². The molecule has 0 unspecified atom stereocenters. The lowest BCUT2D eigenvalue weighted by Gasteiger charge is -2.32. The molecule has 2 nitrogen and oxygen atoms in total. The molecule has 0 aliphatic carbocycles. The number of halogens is 1. The summed E-state index contributed by atoms with van der Waals surface area (Å²) in [5, 5.41) is 0. The van der Waals surface area contributed by atoms with E-state index in [1.54, 1.807) is 0 Å². The number of nitrogens with zero attached hydrogens (tertiary/aromatic N) is 2. The minimum absolute atomic E-state index is 0. The second-order valence-corrected chi connectivity index (χ2v) is 6.03. The molecular weight excluding hydrogens is 304 g/mol. The fraction of sp³-hybridized carbons (Fsp3) is 0.300. The number of hydrogen-bond donors (Lipinski definition) is 0. The third-order valence-corrected chi connectivity index (χ3v) is 4.68. The van der Waals surface area contributed by atoms with Crippen LogP contribution in [0.2, 0.25) is 0 Å². The van der Waals surface area contributed by atoms with Crippen LogP contribution < -0.4 is 0 Å². The Hall–Kier alpha value is -1.93. The second-order valence-electron chi connectivity index (χ2n) is 6.03. The van der Waals surface area contributed by atoms with Crippen molar-refractivity contribution < 1.29 is 0 Å². The maximum Gasteiger partial charge on any atom is 0.0989 e. The molecule has 0 fully saturated rings. The lowest BCUT2D eigenvalue weighted by molar-refractivity contribution is 0.143. The zero-order chi connectivity index (χ0) is 15.5. The SMILES string of the molecule is CC1=C(C)N(Cc2ccccc2)C(C)N1Cc1ccccc1.Cl. The van der Waals surface area contributed by atoms with Gasteiger partial charge in [-0.05, 0) is 31.9 Å². The molecule has 0 aromatic heterocycles. The molecule has 0 amide bonds. The summed E-state index contributed by atoms with van der Waals surface area (Å²) in [6.45, 7) is 8.71. The van der Waals surface area contributed by atoms with Crippen LogP contribution in [0.15, 0.2) is 72.1 Å². The van der Waals surface area contributed by atoms with Crippen molar-refractivity contribution in [1.29, 1.82) is 0 Å². The summed E-state index contributed by atoms with van der Waals surface area (Å²) in [7, 11) is 0. The Kier molecular flexibility index (Phi) is 5.73. The van der Waals surface area contributed by atoms with Crippen LogP contribution in [-0.2, 0) is 13.1 Å². The Morgan fingerprint density at radius 1 is 0.696 bits per heavy atom. The summed E-state index contributed by atoms with van der Waals surface area (Å²) in [6.07, 6.45) is 0.389. The first-order chi connectivity index (χ1) is 10.7. The van der Waals surface area contributed by atoms with Gasteiger partial charge in [-0.25, -0.2) is 0 Å². The summed E-state index contributed by atoms with van der Waals surface area (Å²) in [6, 6.07) is 21.4. The normalized spacial score (nSPS) is 15.1. The van der Waals surface area contributed by atoms with Gasteiger partial charge in [-0.15, -0.1) is 12.4 Å². The van der Waals surface area contributed by atoms with Gasteiger partial charge < -0.3 is 9.80 Å². The first-order valence-corrected chi connectivity index (χ1v) is 7.95. The number of rotatable bonds is 4. The van der Waals surface area contributed by atoms with Gasteiger partial charge in [-0.1, -0.05) is 60.7 Å². The molecule has 1 aliphatic heterocycles. The highest BCUT2D eigenvalue weighted by molar-refractivity contribution is 5.85. The molecule has 23 heavy (non-hydrogen) atoms. The Balaban J connectivity index is 0.00000192. The molecule has 0 saturated carbocycles. The topological polar surface area (TPSA) is 6.48 Å². The van der Waals surface area contributed by atoms with E-state index in [0.29, 0.717) is 6.17 Å². The Labute approximate surface area is 145 Å². The number of benzene rings is 2. The van der Waals surface area contributed by atoms with Crippen molar-refractivity contribution in [3.8, 4) is 0 Å². The maximum atomic E-state index is 2.49. The van der Waals surface area contributed by atoms with Gasteiger partial charge in [0.1, 0.15) is 0 Å². The number of allylic oxidation sites excluding steroid dienone is 2. The van der Waals surface area contributed by atoms with Crippen molar-refractivity contribution in [2.75, 3.05) is 0 Å². The quantitative estimate of drug-likeness (QED) is 0.777. The van der Waals surface area contributed by atoms with Crippen LogP contribution in [0.1, 0.15) is 31.9 Å². The minimum Gasteiger partial charge on any atom is -0.349 e. The first kappa shape index (κ1) is 17.4. The van der Waals surface area contributed by atoms with E-state index in [1.807, 2.05) is 0 Å². The van der Waals surface area contributed by atoms with Gasteiger partial charge in [0.2, 0.25) is 0 Å². The zero-order valence-electron chi connectivity index (χ0n) is 14.1. The van der Waals surface area contributed by atoms with Gasteiger partial charge in [-0.3, -0.25) is 0 Å². The van der Waals surface area contributed by atoms with Crippen LogP contribution in [0.3, 0.4) is 0 Å². The molecule has 0 N–H and O–H groups in total. The Bertz CT molecular complexity index is 594. The molecule has 1 aliphatic rings. The molecule has 3 rings (SSSR count). The Morgan fingerprint density at radius 3 is 1.39 bits per heavy atom. The molecule has 2 aromatic carbocycles. The van der Waals surface area contributed by atoms with Crippen LogP contribution in [0, 0.1) is 0 Å². The monoisotopic (exact) mass is 328 g/mol. The molecule has 0 spiro atoms. The molecule has 3 heteroatoms. The van der Waals surface area contributed by atoms with Gasteiger partial charge in [0.25, 0.3) is 0 Å². The smallest absolute Gasteiger partial charge is 0.0989 e. The third kappa shape index (κ3) is 3.70. The van der Waals surface area contributed by atoms with Crippen molar-refractivity contribution in [1.82, 2.24) is 9.80 Å². The maximum absolute atomic E-state index is 2.49. The lowest BCUT2D eigenvalue weighted by atomic mass is 10.2. The zero-order valence-corrected chi connectivity index (χ0v) is 14.9. The minimum atomic E-state index is 0. The van der Waals surface area contributed by atoms with Crippen LogP contribution in [-0.4, -0.2) is 16.0 Å². The summed E-state index contributed by atoms with van der Waals surface area (Å²) in [4.78, 5) is 4.99. The summed E-state index contributed by atoms with van der Waals surface area (Å²) < 4.78 is 0. The van der Waals surface area contributed by atoms with E-state index >= 15 is 0 Å². The largest absolute Gasteiger partial charge is 0.349 e. The second kappa shape index (κ2) is 7.56. The molecular formula is C20H25ClN2. The molecule has 0 atom stereocenters. The van der Waals surface area contributed by atoms with E-state index in [1.165, 1.54) is 22.5 Å². The average Bonchev–Trinajstić information content (AvgIpc) is 2.75. The fourth-order valence-electron chi connectivity index (χ4n) is 3.21. The van der Waals surface area contributed by atoms with Gasteiger partial charge in [0, 0.05) is 24.5 Å². The predicted octanol–water partition coefficient (Wildman–Crippen LogP) is 5.02. The highest BCUT2D eigenvalue weighted by Gasteiger charge is 2.30. The third-order valence-electron chi connectivity index (χ3n) is 4.68. The highest BCUT2D eigenvalue weighted by atomic mass is 35.5. The van der Waals surface area contributed by atoms with E-state index < -0.39 is 0 Å². The molecule has 0 radical (unpaired) electrons. The first-order valence-electron chi connectivity index (χ1n) is 7.95. The molecule has 2 aromatic rings. The van der Waals surface area contributed by atoms with Crippen molar-refractivity contribution in [2.24, 2.45) is 0 Å².